The highest BCUT2D eigenvalue weighted by Gasteiger charge is 2.28. The van der Waals surface area contributed by atoms with Crippen LogP contribution in [0.4, 0.5) is 0 Å². The molecule has 0 N–H and O–H groups in total. The fourth-order valence-corrected chi connectivity index (χ4v) is 2.80. The van der Waals surface area contributed by atoms with Gasteiger partial charge in [0.1, 0.15) is 5.76 Å². The van der Waals surface area contributed by atoms with Gasteiger partial charge in [-0.25, -0.2) is 0 Å². The van der Waals surface area contributed by atoms with Crippen molar-refractivity contribution >= 4 is 0 Å². The highest BCUT2D eigenvalue weighted by molar-refractivity contribution is 5.06. The van der Waals surface area contributed by atoms with Gasteiger partial charge in [0.25, 0.3) is 0 Å². The Labute approximate surface area is 110 Å². The maximum absolute atomic E-state index is 5.61. The van der Waals surface area contributed by atoms with E-state index >= 15 is 0 Å². The zero-order valence-electron chi connectivity index (χ0n) is 11.6. The first-order chi connectivity index (χ1) is 8.81. The molecular weight excluding hydrogens is 226 g/mol. The largest absolute Gasteiger partial charge is 0.468 e. The predicted molar refractivity (Wildman–Crippen MR) is 72.5 cm³/mol. The van der Waals surface area contributed by atoms with Crippen molar-refractivity contribution in [1.29, 1.82) is 0 Å². The summed E-state index contributed by atoms with van der Waals surface area (Å²) in [5, 5.41) is 0. The van der Waals surface area contributed by atoms with Crippen LogP contribution < -0.4 is 0 Å². The van der Waals surface area contributed by atoms with Gasteiger partial charge in [-0.05, 0) is 56.8 Å². The van der Waals surface area contributed by atoms with Gasteiger partial charge >= 0.3 is 0 Å². The molecule has 1 aliphatic heterocycles. The lowest BCUT2D eigenvalue weighted by molar-refractivity contribution is 0.0958. The van der Waals surface area contributed by atoms with Gasteiger partial charge in [0.05, 0.1) is 12.3 Å². The Morgan fingerprint density at radius 1 is 1.44 bits per heavy atom. The van der Waals surface area contributed by atoms with E-state index in [0.717, 1.165) is 31.3 Å². The lowest BCUT2D eigenvalue weighted by atomic mass is 9.91. The summed E-state index contributed by atoms with van der Waals surface area (Å²) in [6.45, 7) is 5.56. The predicted octanol–water partition coefficient (Wildman–Crippen LogP) is 3.48. The highest BCUT2D eigenvalue weighted by atomic mass is 16.5. The van der Waals surface area contributed by atoms with Crippen LogP contribution >= 0.6 is 0 Å². The van der Waals surface area contributed by atoms with Gasteiger partial charge in [0.2, 0.25) is 0 Å². The average Bonchev–Trinajstić information content (AvgIpc) is 2.90. The summed E-state index contributed by atoms with van der Waals surface area (Å²) in [5.41, 5.74) is 0. The summed E-state index contributed by atoms with van der Waals surface area (Å²) in [5.74, 6) is 1.93. The Morgan fingerprint density at radius 3 is 3.06 bits per heavy atom. The van der Waals surface area contributed by atoms with E-state index in [-0.39, 0.29) is 0 Å². The molecule has 1 aliphatic rings. The Kier molecular flexibility index (Phi) is 5.26. The van der Waals surface area contributed by atoms with Crippen molar-refractivity contribution in [3.8, 4) is 0 Å². The maximum Gasteiger partial charge on any atom is 0.120 e. The topological polar surface area (TPSA) is 25.6 Å². The molecule has 0 aromatic carbocycles. The molecule has 0 unspecified atom stereocenters. The van der Waals surface area contributed by atoms with E-state index in [9.17, 15) is 0 Å². The first-order valence-corrected chi connectivity index (χ1v) is 7.07. The summed E-state index contributed by atoms with van der Waals surface area (Å²) < 4.78 is 10.7. The number of hydrogen-bond acceptors (Lipinski definition) is 3. The maximum atomic E-state index is 5.61. The van der Waals surface area contributed by atoms with Crippen molar-refractivity contribution in [2.45, 2.75) is 38.6 Å². The molecule has 1 fully saturated rings. The molecule has 1 saturated heterocycles. The van der Waals surface area contributed by atoms with Crippen LogP contribution in [0.1, 0.15) is 44.4 Å². The van der Waals surface area contributed by atoms with Gasteiger partial charge in [-0.2, -0.15) is 0 Å². The van der Waals surface area contributed by atoms with Crippen LogP contribution in [0.3, 0.4) is 0 Å². The number of likely N-dealkylation sites (tertiary alicyclic amines) is 1. The molecule has 0 bridgehead atoms. The fraction of sp³-hybridized carbons (Fsp3) is 0.733. The molecule has 0 radical (unpaired) electrons. The number of piperidine rings is 1. The van der Waals surface area contributed by atoms with Crippen LogP contribution in [0.2, 0.25) is 0 Å². The minimum Gasteiger partial charge on any atom is -0.468 e. The number of ether oxygens (including phenoxy) is 1. The van der Waals surface area contributed by atoms with Crippen molar-refractivity contribution < 1.29 is 9.15 Å². The molecule has 3 nitrogen and oxygen atoms in total. The normalized spacial score (nSPS) is 25.4. The standard InChI is InChI=1S/C15H25NO2/c1-13-7-9-16(8-3-4-10-17-2)14(12-13)15-6-5-11-18-15/h5-6,11,13-14H,3-4,7-10,12H2,1-2H3/t13-,14+/m0/s1. The summed E-state index contributed by atoms with van der Waals surface area (Å²) in [6.07, 6.45) is 6.67. The molecule has 1 aromatic heterocycles. The molecule has 0 amide bonds. The average molecular weight is 251 g/mol. The van der Waals surface area contributed by atoms with E-state index in [1.165, 1.54) is 25.8 Å². The van der Waals surface area contributed by atoms with Crippen molar-refractivity contribution in [2.75, 3.05) is 26.8 Å². The molecule has 2 rings (SSSR count). The minimum atomic E-state index is 0.478. The summed E-state index contributed by atoms with van der Waals surface area (Å²) >= 11 is 0. The molecule has 0 saturated carbocycles. The lowest BCUT2D eigenvalue weighted by Crippen LogP contribution is -2.36. The van der Waals surface area contributed by atoms with E-state index in [1.54, 1.807) is 13.4 Å². The van der Waals surface area contributed by atoms with Crippen molar-refractivity contribution in [3.63, 3.8) is 0 Å². The molecular formula is C15H25NO2. The van der Waals surface area contributed by atoms with Crippen molar-refractivity contribution in [1.82, 2.24) is 4.90 Å². The van der Waals surface area contributed by atoms with Gasteiger partial charge in [0, 0.05) is 13.7 Å². The molecule has 2 heterocycles. The van der Waals surface area contributed by atoms with Gasteiger partial charge < -0.3 is 9.15 Å². The molecule has 2 atom stereocenters. The van der Waals surface area contributed by atoms with Crippen molar-refractivity contribution in [3.05, 3.63) is 24.2 Å². The smallest absolute Gasteiger partial charge is 0.120 e. The van der Waals surface area contributed by atoms with Crippen LogP contribution in [0, 0.1) is 5.92 Å². The van der Waals surface area contributed by atoms with Crippen molar-refractivity contribution in [2.24, 2.45) is 5.92 Å². The van der Waals surface area contributed by atoms with Gasteiger partial charge in [-0.1, -0.05) is 6.92 Å². The number of nitrogens with zero attached hydrogens (tertiary/aromatic N) is 1. The van der Waals surface area contributed by atoms with Crippen LogP contribution in [0.25, 0.3) is 0 Å². The van der Waals surface area contributed by atoms with E-state index in [1.807, 2.05) is 6.07 Å². The second kappa shape index (κ2) is 6.95. The third kappa shape index (κ3) is 3.59. The van der Waals surface area contributed by atoms with Gasteiger partial charge in [-0.3, -0.25) is 4.90 Å². The number of hydrogen-bond donors (Lipinski definition) is 0. The number of rotatable bonds is 6. The molecule has 3 heteroatoms. The number of unbranched alkanes of at least 4 members (excludes halogenated alkanes) is 1. The van der Waals surface area contributed by atoms with Crippen LogP contribution in [-0.2, 0) is 4.74 Å². The zero-order chi connectivity index (χ0) is 12.8. The summed E-state index contributed by atoms with van der Waals surface area (Å²) in [4.78, 5) is 2.58. The summed E-state index contributed by atoms with van der Waals surface area (Å²) in [7, 11) is 1.77. The second-order valence-electron chi connectivity index (χ2n) is 5.40. The Balaban J connectivity index is 1.89. The first-order valence-electron chi connectivity index (χ1n) is 7.07. The molecule has 0 spiro atoms. The van der Waals surface area contributed by atoms with Crippen LogP contribution in [-0.4, -0.2) is 31.7 Å². The SMILES string of the molecule is COCCCCN1CC[C@H](C)C[C@@H]1c1ccco1. The minimum absolute atomic E-state index is 0.478. The zero-order valence-corrected chi connectivity index (χ0v) is 11.6. The van der Waals surface area contributed by atoms with Gasteiger partial charge in [0.15, 0.2) is 0 Å². The molecule has 102 valence electrons. The van der Waals surface area contributed by atoms with E-state index in [0.29, 0.717) is 6.04 Å². The monoisotopic (exact) mass is 251 g/mol. The Bertz CT molecular complexity index is 323. The first kappa shape index (κ1) is 13.6. The third-order valence-electron chi connectivity index (χ3n) is 3.89. The number of methoxy groups -OCH3 is 1. The molecule has 0 aliphatic carbocycles. The second-order valence-corrected chi connectivity index (χ2v) is 5.40. The lowest BCUT2D eigenvalue weighted by Gasteiger charge is -2.37. The van der Waals surface area contributed by atoms with Gasteiger partial charge in [-0.15, -0.1) is 0 Å². The molecule has 1 aromatic rings. The third-order valence-corrected chi connectivity index (χ3v) is 3.89. The van der Waals surface area contributed by atoms with E-state index in [4.69, 9.17) is 9.15 Å². The highest BCUT2D eigenvalue weighted by Crippen LogP contribution is 2.34. The van der Waals surface area contributed by atoms with Crippen LogP contribution in [0.5, 0.6) is 0 Å². The quantitative estimate of drug-likeness (QED) is 0.724. The Morgan fingerprint density at radius 2 is 2.33 bits per heavy atom. The van der Waals surface area contributed by atoms with E-state index in [2.05, 4.69) is 17.9 Å². The molecule has 18 heavy (non-hydrogen) atoms. The Hall–Kier alpha value is -0.800. The summed E-state index contributed by atoms with van der Waals surface area (Å²) in [6, 6.07) is 4.59. The number of furan rings is 1. The van der Waals surface area contributed by atoms with Crippen LogP contribution in [0.15, 0.2) is 22.8 Å². The fourth-order valence-electron chi connectivity index (χ4n) is 2.80. The van der Waals surface area contributed by atoms with E-state index < -0.39 is 0 Å².